The van der Waals surface area contributed by atoms with Gasteiger partial charge in [-0.25, -0.2) is 4.98 Å². The predicted molar refractivity (Wildman–Crippen MR) is 126 cm³/mol. The summed E-state index contributed by atoms with van der Waals surface area (Å²) in [5.41, 5.74) is 2.35. The van der Waals surface area contributed by atoms with Gasteiger partial charge in [0.2, 0.25) is 12.7 Å². The van der Waals surface area contributed by atoms with Crippen LogP contribution in [0.4, 0.5) is 5.13 Å². The van der Waals surface area contributed by atoms with Crippen LogP contribution in [0.5, 0.6) is 11.5 Å². The first kappa shape index (κ1) is 21.7. The molecule has 1 unspecified atom stereocenters. The number of aromatic nitrogens is 1. The summed E-state index contributed by atoms with van der Waals surface area (Å²) in [6, 6.07) is 12.7. The van der Waals surface area contributed by atoms with Gasteiger partial charge in [-0.05, 0) is 61.6 Å². The van der Waals surface area contributed by atoms with Crippen molar-refractivity contribution in [1.82, 2.24) is 10.3 Å². The van der Waals surface area contributed by atoms with Crippen LogP contribution in [-0.2, 0) is 17.6 Å². The van der Waals surface area contributed by atoms with Crippen LogP contribution < -0.4 is 20.1 Å². The number of rotatable bonds is 6. The third-order valence-electron chi connectivity index (χ3n) is 5.75. The number of ether oxygens (including phenoxy) is 2. The molecule has 1 aliphatic heterocycles. The molecule has 2 aromatic carbocycles. The van der Waals surface area contributed by atoms with Gasteiger partial charge in [0.25, 0.3) is 5.91 Å². The van der Waals surface area contributed by atoms with E-state index >= 15 is 0 Å². The molecule has 0 bridgehead atoms. The molecule has 1 aromatic heterocycles. The number of halogens is 1. The number of fused-ring (bicyclic) bond motifs is 2. The lowest BCUT2D eigenvalue weighted by Gasteiger charge is -2.20. The highest BCUT2D eigenvalue weighted by molar-refractivity contribution is 7.16. The zero-order valence-corrected chi connectivity index (χ0v) is 19.3. The van der Waals surface area contributed by atoms with Crippen LogP contribution in [0.25, 0.3) is 0 Å². The molecule has 5 rings (SSSR count). The molecule has 0 saturated carbocycles. The van der Waals surface area contributed by atoms with Crippen LogP contribution >= 0.6 is 22.9 Å². The Morgan fingerprint density at radius 2 is 1.94 bits per heavy atom. The molecule has 3 aromatic rings. The molecule has 0 fully saturated rings. The number of hydrogen-bond acceptors (Lipinski definition) is 6. The highest BCUT2D eigenvalue weighted by Crippen LogP contribution is 2.37. The maximum absolute atomic E-state index is 12.9. The molecule has 2 heterocycles. The van der Waals surface area contributed by atoms with Crippen LogP contribution in [0.2, 0.25) is 5.02 Å². The van der Waals surface area contributed by atoms with Crippen LogP contribution in [0.15, 0.2) is 42.5 Å². The Kier molecular flexibility index (Phi) is 6.20. The maximum Gasteiger partial charge on any atom is 0.257 e. The fourth-order valence-electron chi connectivity index (χ4n) is 4.04. The summed E-state index contributed by atoms with van der Waals surface area (Å²) in [7, 11) is 0. The number of nitrogens with zero attached hydrogens (tertiary/aromatic N) is 1. The Labute approximate surface area is 200 Å². The van der Waals surface area contributed by atoms with E-state index in [2.05, 4.69) is 15.6 Å². The molecule has 0 radical (unpaired) electrons. The molecule has 2 N–H and O–H groups in total. The van der Waals surface area contributed by atoms with E-state index < -0.39 is 0 Å². The predicted octanol–water partition coefficient (Wildman–Crippen LogP) is 4.56. The van der Waals surface area contributed by atoms with Crippen molar-refractivity contribution < 1.29 is 19.1 Å². The maximum atomic E-state index is 12.9. The molecule has 1 aliphatic carbocycles. The monoisotopic (exact) mass is 483 g/mol. The second-order valence-corrected chi connectivity index (χ2v) is 9.48. The first-order chi connectivity index (χ1) is 16.1. The van der Waals surface area contributed by atoms with Crippen molar-refractivity contribution >= 4 is 39.9 Å². The van der Waals surface area contributed by atoms with E-state index in [9.17, 15) is 9.59 Å². The first-order valence-corrected chi connectivity index (χ1v) is 12.0. The van der Waals surface area contributed by atoms with Gasteiger partial charge in [-0.3, -0.25) is 14.9 Å². The molecule has 0 saturated heterocycles. The van der Waals surface area contributed by atoms with Crippen LogP contribution in [0.1, 0.15) is 45.3 Å². The smallest absolute Gasteiger partial charge is 0.257 e. The highest BCUT2D eigenvalue weighted by Gasteiger charge is 2.30. The van der Waals surface area contributed by atoms with Crippen molar-refractivity contribution in [2.24, 2.45) is 0 Å². The van der Waals surface area contributed by atoms with Crippen molar-refractivity contribution in [1.29, 1.82) is 0 Å². The van der Waals surface area contributed by atoms with Crippen LogP contribution in [0, 0.1) is 0 Å². The molecule has 7 nitrogen and oxygen atoms in total. The number of anilines is 1. The standard InChI is InChI=1S/C24H22ClN3O4S/c25-16-7-4-14(5-8-16)10-11-26-23(30)17-2-1-3-20-21(17)27-24(33-20)28-22(29)15-6-9-18-19(12-15)32-13-31-18/h4-9,12,17H,1-3,10-11,13H2,(H,26,30)(H,27,28,29). The summed E-state index contributed by atoms with van der Waals surface area (Å²) < 4.78 is 10.6. The fourth-order valence-corrected chi connectivity index (χ4v) is 5.22. The first-order valence-electron chi connectivity index (χ1n) is 10.8. The van der Waals surface area contributed by atoms with Crippen molar-refractivity contribution in [3.63, 3.8) is 0 Å². The summed E-state index contributed by atoms with van der Waals surface area (Å²) in [6.45, 7) is 0.701. The zero-order chi connectivity index (χ0) is 22.8. The van der Waals surface area contributed by atoms with Gasteiger partial charge in [0.15, 0.2) is 16.6 Å². The van der Waals surface area contributed by atoms with E-state index in [1.807, 2.05) is 24.3 Å². The number of amides is 2. The van der Waals surface area contributed by atoms with Crippen LogP contribution in [0.3, 0.4) is 0 Å². The Morgan fingerprint density at radius 1 is 1.12 bits per heavy atom. The Bertz CT molecular complexity index is 1190. The molecule has 170 valence electrons. The van der Waals surface area contributed by atoms with E-state index in [1.54, 1.807) is 18.2 Å². The number of aryl methyl sites for hydroxylation is 1. The number of carbonyl (C=O) groups is 2. The number of thiazole rings is 1. The van der Waals surface area contributed by atoms with Crippen molar-refractivity contribution in [2.75, 3.05) is 18.7 Å². The van der Waals surface area contributed by atoms with Crippen molar-refractivity contribution in [3.05, 3.63) is 69.2 Å². The molecule has 33 heavy (non-hydrogen) atoms. The third-order valence-corrected chi connectivity index (χ3v) is 7.05. The minimum atomic E-state index is -0.300. The zero-order valence-electron chi connectivity index (χ0n) is 17.7. The molecule has 2 aliphatic rings. The van der Waals surface area contributed by atoms with Gasteiger partial charge in [-0.15, -0.1) is 11.3 Å². The van der Waals surface area contributed by atoms with E-state index in [0.29, 0.717) is 33.8 Å². The minimum absolute atomic E-state index is 0.0242. The lowest BCUT2D eigenvalue weighted by atomic mass is 9.90. The molecule has 1 atom stereocenters. The van der Waals surface area contributed by atoms with E-state index in [0.717, 1.165) is 41.8 Å². The second kappa shape index (κ2) is 9.41. The van der Waals surface area contributed by atoms with Crippen LogP contribution in [-0.4, -0.2) is 30.1 Å². The highest BCUT2D eigenvalue weighted by atomic mass is 35.5. The number of nitrogens with one attached hydrogen (secondary N) is 2. The fraction of sp³-hybridized carbons (Fsp3) is 0.292. The molecular formula is C24H22ClN3O4S. The topological polar surface area (TPSA) is 89.6 Å². The molecule has 2 amide bonds. The lowest BCUT2D eigenvalue weighted by Crippen LogP contribution is -2.32. The van der Waals surface area contributed by atoms with Gasteiger partial charge in [0.05, 0.1) is 11.6 Å². The SMILES string of the molecule is O=C(Nc1nc2c(s1)CCCC2C(=O)NCCc1ccc(Cl)cc1)c1ccc2c(c1)OCO2. The second-order valence-electron chi connectivity index (χ2n) is 7.96. The Morgan fingerprint density at radius 3 is 2.79 bits per heavy atom. The summed E-state index contributed by atoms with van der Waals surface area (Å²) in [5.74, 6) is 0.580. The summed E-state index contributed by atoms with van der Waals surface area (Å²) in [6.07, 6.45) is 3.26. The van der Waals surface area contributed by atoms with E-state index in [-0.39, 0.29) is 24.5 Å². The van der Waals surface area contributed by atoms with Gasteiger partial charge in [-0.1, -0.05) is 23.7 Å². The van der Waals surface area contributed by atoms with Crippen molar-refractivity contribution in [3.8, 4) is 11.5 Å². The van der Waals surface area contributed by atoms with Gasteiger partial charge < -0.3 is 14.8 Å². The van der Waals surface area contributed by atoms with Crippen molar-refractivity contribution in [2.45, 2.75) is 31.6 Å². The average Bonchev–Trinajstić information content (AvgIpc) is 3.45. The average molecular weight is 484 g/mol. The lowest BCUT2D eigenvalue weighted by molar-refractivity contribution is -0.122. The Balaban J connectivity index is 1.22. The van der Waals surface area contributed by atoms with E-state index in [1.165, 1.54) is 11.3 Å². The van der Waals surface area contributed by atoms with Gasteiger partial charge in [0.1, 0.15) is 0 Å². The molecule has 9 heteroatoms. The third kappa shape index (κ3) is 4.82. The summed E-state index contributed by atoms with van der Waals surface area (Å²) in [4.78, 5) is 31.3. The number of benzene rings is 2. The largest absolute Gasteiger partial charge is 0.454 e. The number of carbonyl (C=O) groups excluding carboxylic acids is 2. The number of hydrogen-bond donors (Lipinski definition) is 2. The van der Waals surface area contributed by atoms with Gasteiger partial charge in [0, 0.05) is 22.0 Å². The normalized spacial score (nSPS) is 16.2. The van der Waals surface area contributed by atoms with Gasteiger partial charge in [-0.2, -0.15) is 0 Å². The summed E-state index contributed by atoms with van der Waals surface area (Å²) >= 11 is 7.36. The minimum Gasteiger partial charge on any atom is -0.454 e. The molecular weight excluding hydrogens is 462 g/mol. The Hall–Kier alpha value is -3.10. The van der Waals surface area contributed by atoms with E-state index in [4.69, 9.17) is 21.1 Å². The molecule has 0 spiro atoms. The quantitative estimate of drug-likeness (QED) is 0.536. The van der Waals surface area contributed by atoms with Gasteiger partial charge >= 0.3 is 0 Å². The summed E-state index contributed by atoms with van der Waals surface area (Å²) in [5, 5.41) is 7.10.